The molecule has 0 aliphatic heterocycles. The van der Waals surface area contributed by atoms with Gasteiger partial charge < -0.3 is 29.5 Å². The van der Waals surface area contributed by atoms with Gasteiger partial charge in [0.05, 0.1) is 50.3 Å². The average Bonchev–Trinajstić information content (AvgIpc) is 3.14. The van der Waals surface area contributed by atoms with Crippen LogP contribution in [-0.4, -0.2) is 90.6 Å². The third-order valence-corrected chi connectivity index (χ3v) is 8.96. The molecule has 14 heteroatoms. The second-order valence-corrected chi connectivity index (χ2v) is 12.8. The van der Waals surface area contributed by atoms with Crippen LogP contribution in [0.2, 0.25) is 0 Å². The number of aliphatic imine (C=N–C) groups is 2. The molecule has 13 nitrogen and oxygen atoms in total. The van der Waals surface area contributed by atoms with Gasteiger partial charge >= 0.3 is 0 Å². The molecule has 0 bridgehead atoms. The first-order valence-electron chi connectivity index (χ1n) is 16.1. The zero-order valence-corrected chi connectivity index (χ0v) is 30.0. The summed E-state index contributed by atoms with van der Waals surface area (Å²) in [7, 11) is -0.702. The van der Waals surface area contributed by atoms with Gasteiger partial charge in [0.1, 0.15) is 17.2 Å². The number of anilines is 2. The summed E-state index contributed by atoms with van der Waals surface area (Å²) >= 11 is 0. The minimum Gasteiger partial charge on any atom is -0.497 e. The van der Waals surface area contributed by atoms with Gasteiger partial charge in [-0.05, 0) is 75.0 Å². The highest BCUT2D eigenvalue weighted by atomic mass is 32.2. The van der Waals surface area contributed by atoms with Crippen molar-refractivity contribution in [2.24, 2.45) is 9.98 Å². The van der Waals surface area contributed by atoms with E-state index < -0.39 is 16.0 Å². The van der Waals surface area contributed by atoms with Crippen LogP contribution in [0.25, 0.3) is 0 Å². The van der Waals surface area contributed by atoms with Crippen LogP contribution in [0.3, 0.4) is 0 Å². The lowest BCUT2D eigenvalue weighted by atomic mass is 10.1. The summed E-state index contributed by atoms with van der Waals surface area (Å²) in [5.74, 6) is 0.840. The van der Waals surface area contributed by atoms with E-state index >= 15 is 0 Å². The van der Waals surface area contributed by atoms with Crippen LogP contribution in [0.5, 0.6) is 11.5 Å². The molecule has 0 fully saturated rings. The van der Waals surface area contributed by atoms with Crippen molar-refractivity contribution in [3.63, 3.8) is 0 Å². The summed E-state index contributed by atoms with van der Waals surface area (Å²) in [6.07, 6.45) is 2.04. The predicted octanol–water partition coefficient (Wildman–Crippen LogP) is 5.55. The van der Waals surface area contributed by atoms with Gasteiger partial charge in [-0.3, -0.25) is 23.9 Å². The van der Waals surface area contributed by atoms with E-state index in [0.29, 0.717) is 47.1 Å². The maximum Gasteiger partial charge on any atom is 0.297 e. The molecule has 0 saturated carbocycles. The molecule has 1 aromatic heterocycles. The van der Waals surface area contributed by atoms with Gasteiger partial charge in [-0.1, -0.05) is 17.7 Å². The summed E-state index contributed by atoms with van der Waals surface area (Å²) in [4.78, 5) is 28.2. The molecular formula is C37H43N5O8S. The number of rotatable bonds is 19. The largest absolute Gasteiger partial charge is 0.497 e. The number of aromatic nitrogens is 1. The van der Waals surface area contributed by atoms with Crippen molar-refractivity contribution < 1.29 is 36.7 Å². The van der Waals surface area contributed by atoms with E-state index in [9.17, 15) is 18.3 Å². The molecule has 270 valence electrons. The van der Waals surface area contributed by atoms with E-state index in [4.69, 9.17) is 23.4 Å². The number of hydrogen-bond donors (Lipinski definition) is 2. The lowest BCUT2D eigenvalue weighted by Crippen LogP contribution is -2.28. The molecule has 4 aromatic rings. The molecule has 0 aliphatic carbocycles. The SMILES string of the molecule is C=Nc1ccc(N(CCCO)c2cc(OC)cc(OC)c2)cc1/N=C(\C)c1ccnc(C(=O)NCCOCCOS(=O)(=O)c2ccc(C)cc2)c1. The standard InChI is InChI=1S/C37H43N5O8S/c1-26-7-10-33(11-8-26)51(45,46)50-20-19-49-18-15-40-37(44)36-21-28(13-14-39-36)27(2)41-35-24-29(9-12-34(35)38-3)42(16-6-17-43)30-22-31(47-4)25-32(23-30)48-5/h7-14,21-25,43H,3,6,15-20H2,1-2,4-5H3,(H,40,44)/b41-27+. The topological polar surface area (TPSA) is 161 Å². The number of nitrogens with one attached hydrogen (secondary N) is 1. The molecule has 3 aromatic carbocycles. The molecule has 51 heavy (non-hydrogen) atoms. The molecule has 4 rings (SSSR count). The molecule has 1 heterocycles. The Bertz CT molecular complexity index is 1910. The molecule has 0 radical (unpaired) electrons. The van der Waals surface area contributed by atoms with Crippen molar-refractivity contribution in [2.75, 3.05) is 58.6 Å². The Hall–Kier alpha value is -5.15. The molecule has 2 N–H and O–H groups in total. The van der Waals surface area contributed by atoms with Gasteiger partial charge in [0, 0.05) is 61.2 Å². The average molecular weight is 718 g/mol. The van der Waals surface area contributed by atoms with Crippen LogP contribution < -0.4 is 19.7 Å². The highest BCUT2D eigenvalue weighted by molar-refractivity contribution is 7.86. The van der Waals surface area contributed by atoms with Crippen molar-refractivity contribution in [1.29, 1.82) is 0 Å². The van der Waals surface area contributed by atoms with Crippen LogP contribution in [0.4, 0.5) is 22.7 Å². The van der Waals surface area contributed by atoms with Gasteiger partial charge in [-0.2, -0.15) is 8.42 Å². The summed E-state index contributed by atoms with van der Waals surface area (Å²) in [6.45, 7) is 8.10. The second-order valence-electron chi connectivity index (χ2n) is 11.2. The molecule has 1 amide bonds. The molecule has 0 aliphatic rings. The van der Waals surface area contributed by atoms with Crippen molar-refractivity contribution in [1.82, 2.24) is 10.3 Å². The third kappa shape index (κ3) is 10.9. The van der Waals surface area contributed by atoms with Crippen LogP contribution in [0.1, 0.15) is 35.0 Å². The number of aliphatic hydroxyl groups excluding tert-OH is 1. The Kier molecular flexibility index (Phi) is 14.2. The predicted molar refractivity (Wildman–Crippen MR) is 197 cm³/mol. The van der Waals surface area contributed by atoms with Crippen molar-refractivity contribution in [3.8, 4) is 11.5 Å². The van der Waals surface area contributed by atoms with Gasteiger partial charge in [0.2, 0.25) is 0 Å². The highest BCUT2D eigenvalue weighted by Gasteiger charge is 2.17. The monoisotopic (exact) mass is 717 g/mol. The van der Waals surface area contributed by atoms with Gasteiger partial charge in [0.15, 0.2) is 0 Å². The number of carbonyl (C=O) groups excluding carboxylic acids is 1. The fraction of sp³-hybridized carbons (Fsp3) is 0.297. The Labute approximate surface area is 298 Å². The van der Waals surface area contributed by atoms with E-state index in [-0.39, 0.29) is 43.6 Å². The first-order chi connectivity index (χ1) is 24.6. The minimum atomic E-state index is -3.88. The minimum absolute atomic E-state index is 0.00929. The first kappa shape index (κ1) is 38.6. The smallest absolute Gasteiger partial charge is 0.297 e. The summed E-state index contributed by atoms with van der Waals surface area (Å²) in [5.41, 5.74) is 5.14. The number of amides is 1. The Balaban J connectivity index is 1.40. The van der Waals surface area contributed by atoms with E-state index in [2.05, 4.69) is 22.0 Å². The van der Waals surface area contributed by atoms with Gasteiger partial charge in [0.25, 0.3) is 16.0 Å². The Morgan fingerprint density at radius 1 is 0.922 bits per heavy atom. The molecular weight excluding hydrogens is 675 g/mol. The zero-order valence-electron chi connectivity index (χ0n) is 29.2. The Morgan fingerprint density at radius 3 is 2.31 bits per heavy atom. The van der Waals surface area contributed by atoms with Crippen LogP contribution in [-0.2, 0) is 19.0 Å². The zero-order chi connectivity index (χ0) is 36.8. The highest BCUT2D eigenvalue weighted by Crippen LogP contribution is 2.38. The number of nitrogens with zero attached hydrogens (tertiary/aromatic N) is 4. The number of aryl methyl sites for hydroxylation is 1. The number of benzene rings is 3. The quantitative estimate of drug-likeness (QED) is 0.0715. The second kappa shape index (κ2) is 18.7. The summed E-state index contributed by atoms with van der Waals surface area (Å²) < 4.78 is 46.0. The van der Waals surface area contributed by atoms with Crippen LogP contribution >= 0.6 is 0 Å². The lowest BCUT2D eigenvalue weighted by molar-refractivity contribution is 0.0869. The molecule has 0 unspecified atom stereocenters. The fourth-order valence-electron chi connectivity index (χ4n) is 4.92. The fourth-order valence-corrected chi connectivity index (χ4v) is 5.81. The van der Waals surface area contributed by atoms with Crippen LogP contribution in [0, 0.1) is 6.92 Å². The van der Waals surface area contributed by atoms with Crippen molar-refractivity contribution >= 4 is 51.2 Å². The Morgan fingerprint density at radius 2 is 1.65 bits per heavy atom. The normalized spacial score (nSPS) is 11.6. The molecule has 0 spiro atoms. The summed E-state index contributed by atoms with van der Waals surface area (Å²) in [5, 5.41) is 12.4. The molecule has 0 atom stereocenters. The van der Waals surface area contributed by atoms with Crippen molar-refractivity contribution in [3.05, 3.63) is 95.8 Å². The van der Waals surface area contributed by atoms with E-state index in [0.717, 1.165) is 16.9 Å². The van der Waals surface area contributed by atoms with Gasteiger partial charge in [-0.15, -0.1) is 0 Å². The summed E-state index contributed by atoms with van der Waals surface area (Å²) in [6, 6.07) is 20.9. The number of hydrogen-bond acceptors (Lipinski definition) is 12. The number of pyridine rings is 1. The number of ether oxygens (including phenoxy) is 3. The van der Waals surface area contributed by atoms with Crippen LogP contribution in [0.15, 0.2) is 93.9 Å². The van der Waals surface area contributed by atoms with E-state index in [1.807, 2.05) is 49.1 Å². The molecule has 0 saturated heterocycles. The number of methoxy groups -OCH3 is 2. The first-order valence-corrected chi connectivity index (χ1v) is 17.6. The van der Waals surface area contributed by atoms with Gasteiger partial charge in [-0.25, -0.2) is 0 Å². The third-order valence-electron chi connectivity index (χ3n) is 7.64. The maximum atomic E-state index is 12.9. The number of aliphatic hydroxyl groups is 1. The van der Waals surface area contributed by atoms with Crippen molar-refractivity contribution in [2.45, 2.75) is 25.2 Å². The van der Waals surface area contributed by atoms with E-state index in [1.165, 1.54) is 18.3 Å². The number of carbonyl (C=O) groups is 1. The van der Waals surface area contributed by atoms with E-state index in [1.54, 1.807) is 44.6 Å². The lowest BCUT2D eigenvalue weighted by Gasteiger charge is -2.26. The maximum absolute atomic E-state index is 12.9.